The molecule has 0 spiro atoms. The zero-order valence-corrected chi connectivity index (χ0v) is 9.39. The Labute approximate surface area is 96.9 Å². The first kappa shape index (κ1) is 10.6. The van der Waals surface area contributed by atoms with Crippen molar-refractivity contribution in [2.45, 2.75) is 0 Å². The SMILES string of the molecule is CNC(=S)Nc1ccc2nc[nH]c(=O)c2c1. The van der Waals surface area contributed by atoms with Crippen LogP contribution in [-0.4, -0.2) is 22.1 Å². The Hall–Kier alpha value is -1.95. The summed E-state index contributed by atoms with van der Waals surface area (Å²) in [6, 6.07) is 5.30. The molecule has 0 fully saturated rings. The lowest BCUT2D eigenvalue weighted by molar-refractivity contribution is 1.17. The van der Waals surface area contributed by atoms with Gasteiger partial charge in [-0.25, -0.2) is 4.98 Å². The highest BCUT2D eigenvalue weighted by Crippen LogP contribution is 2.13. The molecule has 2 rings (SSSR count). The van der Waals surface area contributed by atoms with Crippen LogP contribution in [0.25, 0.3) is 10.9 Å². The molecule has 0 atom stereocenters. The van der Waals surface area contributed by atoms with E-state index in [9.17, 15) is 4.79 Å². The molecule has 5 nitrogen and oxygen atoms in total. The van der Waals surface area contributed by atoms with Gasteiger partial charge in [0.15, 0.2) is 5.11 Å². The molecular weight excluding hydrogens is 224 g/mol. The number of benzene rings is 1. The van der Waals surface area contributed by atoms with Gasteiger partial charge < -0.3 is 15.6 Å². The molecule has 0 unspecified atom stereocenters. The van der Waals surface area contributed by atoms with E-state index < -0.39 is 0 Å². The van der Waals surface area contributed by atoms with Crippen molar-refractivity contribution in [3.8, 4) is 0 Å². The summed E-state index contributed by atoms with van der Waals surface area (Å²) in [6.45, 7) is 0. The summed E-state index contributed by atoms with van der Waals surface area (Å²) in [7, 11) is 1.73. The molecule has 0 aliphatic carbocycles. The highest BCUT2D eigenvalue weighted by atomic mass is 32.1. The lowest BCUT2D eigenvalue weighted by Gasteiger charge is -2.07. The number of anilines is 1. The molecule has 0 aliphatic heterocycles. The van der Waals surface area contributed by atoms with Crippen molar-refractivity contribution in [2.75, 3.05) is 12.4 Å². The largest absolute Gasteiger partial charge is 0.366 e. The Morgan fingerprint density at radius 1 is 1.50 bits per heavy atom. The molecule has 0 radical (unpaired) electrons. The van der Waals surface area contributed by atoms with Gasteiger partial charge in [0.25, 0.3) is 5.56 Å². The minimum absolute atomic E-state index is 0.163. The molecule has 1 aromatic heterocycles. The van der Waals surface area contributed by atoms with Gasteiger partial charge in [-0.2, -0.15) is 0 Å². The highest BCUT2D eigenvalue weighted by molar-refractivity contribution is 7.80. The van der Waals surface area contributed by atoms with E-state index in [0.29, 0.717) is 16.0 Å². The molecule has 0 amide bonds. The van der Waals surface area contributed by atoms with Crippen molar-refractivity contribution in [1.29, 1.82) is 0 Å². The van der Waals surface area contributed by atoms with Crippen molar-refractivity contribution < 1.29 is 0 Å². The van der Waals surface area contributed by atoms with Crippen LogP contribution in [0.5, 0.6) is 0 Å². The second kappa shape index (κ2) is 4.28. The predicted octanol–water partition coefficient (Wildman–Crippen LogP) is 0.839. The van der Waals surface area contributed by atoms with Crippen molar-refractivity contribution in [3.05, 3.63) is 34.9 Å². The third-order valence-electron chi connectivity index (χ3n) is 2.13. The van der Waals surface area contributed by atoms with Crippen LogP contribution in [0.4, 0.5) is 5.69 Å². The smallest absolute Gasteiger partial charge is 0.258 e. The van der Waals surface area contributed by atoms with E-state index in [1.54, 1.807) is 19.2 Å². The first-order chi connectivity index (χ1) is 7.70. The zero-order chi connectivity index (χ0) is 11.5. The van der Waals surface area contributed by atoms with E-state index in [-0.39, 0.29) is 5.56 Å². The molecule has 16 heavy (non-hydrogen) atoms. The van der Waals surface area contributed by atoms with E-state index in [0.717, 1.165) is 5.69 Å². The van der Waals surface area contributed by atoms with Crippen molar-refractivity contribution in [3.63, 3.8) is 0 Å². The van der Waals surface area contributed by atoms with Crippen molar-refractivity contribution in [2.24, 2.45) is 0 Å². The van der Waals surface area contributed by atoms with Gasteiger partial charge in [0.1, 0.15) is 0 Å². The Balaban J connectivity index is 2.47. The molecular formula is C10H10N4OS. The lowest BCUT2D eigenvalue weighted by atomic mass is 10.2. The molecule has 82 valence electrons. The number of nitrogens with zero attached hydrogens (tertiary/aromatic N) is 1. The summed E-state index contributed by atoms with van der Waals surface area (Å²) in [4.78, 5) is 18.1. The summed E-state index contributed by atoms with van der Waals surface area (Å²) in [5, 5.41) is 6.78. The van der Waals surface area contributed by atoms with Crippen LogP contribution >= 0.6 is 12.2 Å². The monoisotopic (exact) mass is 234 g/mol. The van der Waals surface area contributed by atoms with Crippen molar-refractivity contribution >= 4 is 33.9 Å². The van der Waals surface area contributed by atoms with Gasteiger partial charge in [-0.15, -0.1) is 0 Å². The molecule has 0 aliphatic rings. The fourth-order valence-electron chi connectivity index (χ4n) is 1.34. The van der Waals surface area contributed by atoms with Gasteiger partial charge in [-0.3, -0.25) is 4.79 Å². The number of thiocarbonyl (C=S) groups is 1. The number of fused-ring (bicyclic) bond motifs is 1. The predicted molar refractivity (Wildman–Crippen MR) is 67.6 cm³/mol. The average Bonchev–Trinajstić information content (AvgIpc) is 2.30. The third-order valence-corrected chi connectivity index (χ3v) is 2.43. The molecule has 0 saturated carbocycles. The van der Waals surface area contributed by atoms with Crippen molar-refractivity contribution in [1.82, 2.24) is 15.3 Å². The van der Waals surface area contributed by atoms with E-state index in [4.69, 9.17) is 12.2 Å². The first-order valence-corrected chi connectivity index (χ1v) is 5.08. The van der Waals surface area contributed by atoms with Crippen LogP contribution in [0, 0.1) is 0 Å². The molecule has 1 aromatic carbocycles. The molecule has 6 heteroatoms. The second-order valence-corrected chi connectivity index (χ2v) is 3.58. The molecule has 0 bridgehead atoms. The molecule has 0 saturated heterocycles. The van der Waals surface area contributed by atoms with Gasteiger partial charge in [-0.1, -0.05) is 0 Å². The zero-order valence-electron chi connectivity index (χ0n) is 8.57. The summed E-state index contributed by atoms with van der Waals surface area (Å²) in [5.41, 5.74) is 1.25. The third kappa shape index (κ3) is 2.01. The van der Waals surface area contributed by atoms with Crippen LogP contribution in [0.1, 0.15) is 0 Å². The van der Waals surface area contributed by atoms with Crippen LogP contribution in [0.3, 0.4) is 0 Å². The fraction of sp³-hybridized carbons (Fsp3) is 0.100. The summed E-state index contributed by atoms with van der Waals surface area (Å²) in [6.07, 6.45) is 1.38. The van der Waals surface area contributed by atoms with Gasteiger partial charge in [0.2, 0.25) is 0 Å². The van der Waals surface area contributed by atoms with Gasteiger partial charge in [0, 0.05) is 12.7 Å². The number of rotatable bonds is 1. The average molecular weight is 234 g/mol. The van der Waals surface area contributed by atoms with E-state index in [1.165, 1.54) is 6.33 Å². The quantitative estimate of drug-likeness (QED) is 0.638. The normalized spacial score (nSPS) is 10.1. The second-order valence-electron chi connectivity index (χ2n) is 3.17. The van der Waals surface area contributed by atoms with E-state index in [1.807, 2.05) is 6.07 Å². The first-order valence-electron chi connectivity index (χ1n) is 4.67. The van der Waals surface area contributed by atoms with Crippen LogP contribution in [0.15, 0.2) is 29.3 Å². The molecule has 3 N–H and O–H groups in total. The highest BCUT2D eigenvalue weighted by Gasteiger charge is 2.01. The number of H-pyrrole nitrogens is 1. The summed E-state index contributed by atoms with van der Waals surface area (Å²) >= 11 is 4.97. The van der Waals surface area contributed by atoms with E-state index in [2.05, 4.69) is 20.6 Å². The minimum atomic E-state index is -0.163. The van der Waals surface area contributed by atoms with Crippen LogP contribution in [0.2, 0.25) is 0 Å². The fourth-order valence-corrected chi connectivity index (χ4v) is 1.46. The number of hydrogen-bond acceptors (Lipinski definition) is 3. The van der Waals surface area contributed by atoms with Crippen LogP contribution in [-0.2, 0) is 0 Å². The standard InChI is InChI=1S/C10H10N4OS/c1-11-10(16)14-6-2-3-8-7(4-6)9(15)13-5-12-8/h2-5H,1H3,(H2,11,14,16)(H,12,13,15). The Morgan fingerprint density at radius 3 is 3.06 bits per heavy atom. The van der Waals surface area contributed by atoms with Crippen LogP contribution < -0.4 is 16.2 Å². The minimum Gasteiger partial charge on any atom is -0.366 e. The summed E-state index contributed by atoms with van der Waals surface area (Å²) in [5.74, 6) is 0. The van der Waals surface area contributed by atoms with E-state index >= 15 is 0 Å². The Bertz CT molecular complexity index is 593. The maximum atomic E-state index is 11.5. The molecule has 2 aromatic rings. The number of aromatic amines is 1. The number of nitrogens with one attached hydrogen (secondary N) is 3. The summed E-state index contributed by atoms with van der Waals surface area (Å²) < 4.78 is 0. The maximum absolute atomic E-state index is 11.5. The Morgan fingerprint density at radius 2 is 2.31 bits per heavy atom. The number of aromatic nitrogens is 2. The molecule has 1 heterocycles. The Kier molecular flexibility index (Phi) is 2.82. The van der Waals surface area contributed by atoms with Gasteiger partial charge in [-0.05, 0) is 30.4 Å². The number of hydrogen-bond donors (Lipinski definition) is 3. The maximum Gasteiger partial charge on any atom is 0.258 e. The topological polar surface area (TPSA) is 69.8 Å². The lowest BCUT2D eigenvalue weighted by Crippen LogP contribution is -2.24. The van der Waals surface area contributed by atoms with Gasteiger partial charge in [0.05, 0.1) is 17.2 Å². The van der Waals surface area contributed by atoms with Gasteiger partial charge >= 0.3 is 0 Å².